The number of nitrogens with zero attached hydrogens (tertiary/aromatic N) is 2. The van der Waals surface area contributed by atoms with Crippen molar-refractivity contribution >= 4 is 28.5 Å². The SMILES string of the molecule is Cc1ccc(NC(=O)Cn2c(CNC(=O)c3ccccc3C)nc3ccccc32)cc1. The van der Waals surface area contributed by atoms with Crippen molar-refractivity contribution < 1.29 is 9.59 Å². The van der Waals surface area contributed by atoms with Crippen LogP contribution in [-0.4, -0.2) is 21.4 Å². The summed E-state index contributed by atoms with van der Waals surface area (Å²) in [5, 5.41) is 5.86. The van der Waals surface area contributed by atoms with E-state index < -0.39 is 0 Å². The van der Waals surface area contributed by atoms with Gasteiger partial charge in [-0.05, 0) is 49.7 Å². The van der Waals surface area contributed by atoms with E-state index in [4.69, 9.17) is 0 Å². The molecule has 2 N–H and O–H groups in total. The minimum atomic E-state index is -0.166. The predicted molar refractivity (Wildman–Crippen MR) is 122 cm³/mol. The lowest BCUT2D eigenvalue weighted by molar-refractivity contribution is -0.116. The first-order valence-electron chi connectivity index (χ1n) is 10.2. The van der Waals surface area contributed by atoms with E-state index in [0.29, 0.717) is 11.4 Å². The van der Waals surface area contributed by atoms with Gasteiger partial charge in [-0.25, -0.2) is 4.98 Å². The van der Waals surface area contributed by atoms with Crippen LogP contribution >= 0.6 is 0 Å². The Bertz CT molecular complexity index is 1240. The zero-order valence-corrected chi connectivity index (χ0v) is 17.6. The smallest absolute Gasteiger partial charge is 0.251 e. The maximum atomic E-state index is 12.7. The summed E-state index contributed by atoms with van der Waals surface area (Å²) in [6.45, 7) is 4.23. The van der Waals surface area contributed by atoms with Crippen LogP contribution in [0, 0.1) is 13.8 Å². The first kappa shape index (κ1) is 20.3. The summed E-state index contributed by atoms with van der Waals surface area (Å²) in [5.74, 6) is 0.307. The van der Waals surface area contributed by atoms with E-state index in [1.54, 1.807) is 6.07 Å². The Morgan fingerprint density at radius 2 is 1.61 bits per heavy atom. The number of carbonyl (C=O) groups excluding carboxylic acids is 2. The Kier molecular flexibility index (Phi) is 5.80. The van der Waals surface area contributed by atoms with Crippen molar-refractivity contribution in [2.45, 2.75) is 26.9 Å². The molecule has 0 atom stereocenters. The summed E-state index contributed by atoms with van der Waals surface area (Å²) in [6.07, 6.45) is 0. The minimum absolute atomic E-state index is 0.101. The molecule has 0 saturated carbocycles. The Morgan fingerprint density at radius 1 is 0.903 bits per heavy atom. The fourth-order valence-electron chi connectivity index (χ4n) is 3.50. The first-order chi connectivity index (χ1) is 15.0. The Balaban J connectivity index is 1.54. The molecule has 31 heavy (non-hydrogen) atoms. The number of para-hydroxylation sites is 2. The molecule has 6 nitrogen and oxygen atoms in total. The van der Waals surface area contributed by atoms with Gasteiger partial charge in [0.25, 0.3) is 5.91 Å². The third-order valence-corrected chi connectivity index (χ3v) is 5.17. The van der Waals surface area contributed by atoms with Gasteiger partial charge in [0.15, 0.2) is 0 Å². The minimum Gasteiger partial charge on any atom is -0.345 e. The van der Waals surface area contributed by atoms with E-state index >= 15 is 0 Å². The maximum absolute atomic E-state index is 12.7. The molecular weight excluding hydrogens is 388 g/mol. The van der Waals surface area contributed by atoms with Crippen molar-refractivity contribution in [2.24, 2.45) is 0 Å². The second-order valence-electron chi connectivity index (χ2n) is 7.51. The quantitative estimate of drug-likeness (QED) is 0.498. The van der Waals surface area contributed by atoms with E-state index in [1.165, 1.54) is 0 Å². The van der Waals surface area contributed by atoms with Gasteiger partial charge in [0.1, 0.15) is 12.4 Å². The summed E-state index contributed by atoms with van der Waals surface area (Å²) in [4.78, 5) is 30.0. The number of hydrogen-bond acceptors (Lipinski definition) is 3. The van der Waals surface area contributed by atoms with Crippen molar-refractivity contribution in [2.75, 3.05) is 5.32 Å². The average molecular weight is 412 g/mol. The second kappa shape index (κ2) is 8.83. The van der Waals surface area contributed by atoms with Crippen LogP contribution in [0.2, 0.25) is 0 Å². The lowest BCUT2D eigenvalue weighted by Crippen LogP contribution is -2.27. The molecule has 1 aromatic heterocycles. The zero-order chi connectivity index (χ0) is 21.8. The number of amides is 2. The summed E-state index contributed by atoms with van der Waals surface area (Å²) in [6, 6.07) is 22.7. The summed E-state index contributed by atoms with van der Waals surface area (Å²) >= 11 is 0. The van der Waals surface area contributed by atoms with Gasteiger partial charge in [-0.15, -0.1) is 0 Å². The monoisotopic (exact) mass is 412 g/mol. The fourth-order valence-corrected chi connectivity index (χ4v) is 3.50. The molecule has 0 fully saturated rings. The normalized spacial score (nSPS) is 10.8. The molecule has 0 aliphatic carbocycles. The first-order valence-corrected chi connectivity index (χ1v) is 10.2. The van der Waals surface area contributed by atoms with Crippen molar-refractivity contribution in [3.05, 3.63) is 95.3 Å². The van der Waals surface area contributed by atoms with Gasteiger partial charge in [0, 0.05) is 11.3 Å². The van der Waals surface area contributed by atoms with Crippen LogP contribution in [0.25, 0.3) is 11.0 Å². The van der Waals surface area contributed by atoms with Gasteiger partial charge in [-0.1, -0.05) is 48.0 Å². The highest BCUT2D eigenvalue weighted by Gasteiger charge is 2.15. The van der Waals surface area contributed by atoms with Gasteiger partial charge in [0.2, 0.25) is 5.91 Å². The number of anilines is 1. The van der Waals surface area contributed by atoms with Crippen molar-refractivity contribution in [1.82, 2.24) is 14.9 Å². The van der Waals surface area contributed by atoms with Gasteiger partial charge >= 0.3 is 0 Å². The zero-order valence-electron chi connectivity index (χ0n) is 17.6. The number of fused-ring (bicyclic) bond motifs is 1. The molecular formula is C25H24N4O2. The number of nitrogens with one attached hydrogen (secondary N) is 2. The third kappa shape index (κ3) is 4.64. The van der Waals surface area contributed by atoms with Crippen LogP contribution in [0.3, 0.4) is 0 Å². The number of hydrogen-bond donors (Lipinski definition) is 2. The molecule has 0 radical (unpaired) electrons. The molecule has 0 saturated heterocycles. The molecule has 4 rings (SSSR count). The number of imidazole rings is 1. The number of aromatic nitrogens is 2. The third-order valence-electron chi connectivity index (χ3n) is 5.17. The molecule has 4 aromatic rings. The summed E-state index contributed by atoms with van der Waals surface area (Å²) in [5.41, 5.74) is 5.04. The number of aryl methyl sites for hydroxylation is 2. The average Bonchev–Trinajstić information content (AvgIpc) is 3.11. The van der Waals surface area contributed by atoms with Gasteiger partial charge in [-0.3, -0.25) is 9.59 Å². The van der Waals surface area contributed by atoms with Crippen LogP contribution in [0.1, 0.15) is 27.3 Å². The molecule has 2 amide bonds. The van der Waals surface area contributed by atoms with Crippen LogP contribution in [-0.2, 0) is 17.9 Å². The van der Waals surface area contributed by atoms with Crippen LogP contribution in [0.15, 0.2) is 72.8 Å². The molecule has 0 unspecified atom stereocenters. The maximum Gasteiger partial charge on any atom is 0.251 e. The molecule has 3 aromatic carbocycles. The highest BCUT2D eigenvalue weighted by atomic mass is 16.2. The van der Waals surface area contributed by atoms with E-state index in [9.17, 15) is 9.59 Å². The molecule has 156 valence electrons. The van der Waals surface area contributed by atoms with E-state index in [-0.39, 0.29) is 24.9 Å². The predicted octanol–water partition coefficient (Wildman–Crippen LogP) is 4.22. The molecule has 0 spiro atoms. The molecule has 6 heteroatoms. The lowest BCUT2D eigenvalue weighted by Gasteiger charge is -2.12. The Morgan fingerprint density at radius 3 is 2.39 bits per heavy atom. The second-order valence-corrected chi connectivity index (χ2v) is 7.51. The van der Waals surface area contributed by atoms with E-state index in [0.717, 1.165) is 27.8 Å². The van der Waals surface area contributed by atoms with Crippen molar-refractivity contribution in [3.8, 4) is 0 Å². The highest BCUT2D eigenvalue weighted by Crippen LogP contribution is 2.17. The Hall–Kier alpha value is -3.93. The van der Waals surface area contributed by atoms with Crippen LogP contribution in [0.5, 0.6) is 0 Å². The molecule has 0 aliphatic heterocycles. The van der Waals surface area contributed by atoms with Crippen molar-refractivity contribution in [3.63, 3.8) is 0 Å². The Labute approximate surface area is 180 Å². The van der Waals surface area contributed by atoms with Gasteiger partial charge in [0.05, 0.1) is 17.6 Å². The number of rotatable bonds is 6. The van der Waals surface area contributed by atoms with Gasteiger partial charge < -0.3 is 15.2 Å². The van der Waals surface area contributed by atoms with Gasteiger partial charge in [-0.2, -0.15) is 0 Å². The molecule has 1 heterocycles. The van der Waals surface area contributed by atoms with E-state index in [1.807, 2.05) is 85.1 Å². The van der Waals surface area contributed by atoms with Crippen LogP contribution in [0.4, 0.5) is 5.69 Å². The largest absolute Gasteiger partial charge is 0.345 e. The van der Waals surface area contributed by atoms with Crippen molar-refractivity contribution in [1.29, 1.82) is 0 Å². The number of carbonyl (C=O) groups is 2. The van der Waals surface area contributed by atoms with Crippen LogP contribution < -0.4 is 10.6 Å². The number of benzene rings is 3. The molecule has 0 bridgehead atoms. The standard InChI is InChI=1S/C25H24N4O2/c1-17-11-13-19(14-12-17)27-24(30)16-29-22-10-6-5-9-21(22)28-23(29)15-26-25(31)20-8-4-3-7-18(20)2/h3-14H,15-16H2,1-2H3,(H,26,31)(H,27,30). The van der Waals surface area contributed by atoms with E-state index in [2.05, 4.69) is 15.6 Å². The highest BCUT2D eigenvalue weighted by molar-refractivity contribution is 5.95. The summed E-state index contributed by atoms with van der Waals surface area (Å²) < 4.78 is 1.84. The topological polar surface area (TPSA) is 76.0 Å². The fraction of sp³-hybridized carbons (Fsp3) is 0.160. The molecule has 0 aliphatic rings. The lowest BCUT2D eigenvalue weighted by atomic mass is 10.1. The summed E-state index contributed by atoms with van der Waals surface area (Å²) in [7, 11) is 0.